The largest absolute Gasteiger partial charge is 0.294 e. The summed E-state index contributed by atoms with van der Waals surface area (Å²) < 4.78 is 0. The van der Waals surface area contributed by atoms with Crippen LogP contribution < -0.4 is 0 Å². The van der Waals surface area contributed by atoms with Crippen LogP contribution in [0.25, 0.3) is 0 Å². The van der Waals surface area contributed by atoms with Gasteiger partial charge in [0.15, 0.2) is 5.78 Å². The van der Waals surface area contributed by atoms with E-state index in [1.165, 1.54) is 11.1 Å². The van der Waals surface area contributed by atoms with E-state index in [1.54, 1.807) is 0 Å². The third-order valence-corrected chi connectivity index (χ3v) is 4.09. The Hall–Kier alpha value is -1.63. The van der Waals surface area contributed by atoms with Gasteiger partial charge in [-0.3, -0.25) is 4.79 Å². The Morgan fingerprint density at radius 2 is 1.94 bits per heavy atom. The SMILES string of the molecule is C=C1CC(CC(=O)c2ccccc2)C2C(=C)C12. The molecule has 0 aliphatic heterocycles. The maximum atomic E-state index is 12.1. The van der Waals surface area contributed by atoms with Crippen LogP contribution in [0.3, 0.4) is 0 Å². The first-order valence-electron chi connectivity index (χ1n) is 6.13. The standard InChI is InChI=1S/C16H16O/c1-10-8-13(16-11(2)15(10)16)9-14(17)12-6-4-3-5-7-12/h3-7,13,15-16H,1-2,8-9H2. The van der Waals surface area contributed by atoms with E-state index in [0.717, 1.165) is 12.0 Å². The smallest absolute Gasteiger partial charge is 0.163 e. The van der Waals surface area contributed by atoms with Crippen LogP contribution in [0.15, 0.2) is 54.6 Å². The van der Waals surface area contributed by atoms with Crippen molar-refractivity contribution in [3.05, 3.63) is 60.2 Å². The van der Waals surface area contributed by atoms with Crippen LogP contribution in [0.1, 0.15) is 23.2 Å². The maximum Gasteiger partial charge on any atom is 0.163 e. The van der Waals surface area contributed by atoms with Gasteiger partial charge in [0.1, 0.15) is 0 Å². The van der Waals surface area contributed by atoms with E-state index in [-0.39, 0.29) is 5.78 Å². The van der Waals surface area contributed by atoms with Gasteiger partial charge in [0.2, 0.25) is 0 Å². The molecule has 0 aromatic heterocycles. The van der Waals surface area contributed by atoms with E-state index >= 15 is 0 Å². The summed E-state index contributed by atoms with van der Waals surface area (Å²) in [5.41, 5.74) is 3.41. The molecule has 0 bridgehead atoms. The number of ketones is 1. The molecule has 1 aromatic rings. The summed E-state index contributed by atoms with van der Waals surface area (Å²) >= 11 is 0. The number of hydrogen-bond donors (Lipinski definition) is 0. The first-order valence-corrected chi connectivity index (χ1v) is 6.13. The molecular weight excluding hydrogens is 208 g/mol. The quantitative estimate of drug-likeness (QED) is 0.566. The second-order valence-corrected chi connectivity index (χ2v) is 5.19. The molecule has 86 valence electrons. The van der Waals surface area contributed by atoms with Crippen molar-refractivity contribution in [2.75, 3.05) is 0 Å². The van der Waals surface area contributed by atoms with Crippen molar-refractivity contribution >= 4 is 5.78 Å². The molecular formula is C16H16O. The fraction of sp³-hybridized carbons (Fsp3) is 0.312. The molecule has 0 spiro atoms. The molecule has 17 heavy (non-hydrogen) atoms. The number of carbonyl (C=O) groups excluding carboxylic acids is 1. The number of fused-ring (bicyclic) bond motifs is 1. The fourth-order valence-corrected chi connectivity index (χ4v) is 3.20. The Labute approximate surface area is 102 Å². The fourth-order valence-electron chi connectivity index (χ4n) is 3.20. The molecule has 2 aliphatic rings. The number of rotatable bonds is 3. The molecule has 1 heteroatoms. The first kappa shape index (κ1) is 10.5. The van der Waals surface area contributed by atoms with Crippen molar-refractivity contribution < 1.29 is 4.79 Å². The van der Waals surface area contributed by atoms with Gasteiger partial charge in [0, 0.05) is 17.9 Å². The van der Waals surface area contributed by atoms with E-state index < -0.39 is 0 Å². The molecule has 0 saturated heterocycles. The lowest BCUT2D eigenvalue weighted by molar-refractivity contribution is 0.0959. The van der Waals surface area contributed by atoms with Crippen LogP contribution in [0.4, 0.5) is 0 Å². The van der Waals surface area contributed by atoms with E-state index in [2.05, 4.69) is 13.2 Å². The monoisotopic (exact) mass is 224 g/mol. The summed E-state index contributed by atoms with van der Waals surface area (Å²) in [5.74, 6) is 1.79. The Kier molecular flexibility index (Phi) is 2.29. The van der Waals surface area contributed by atoms with Gasteiger partial charge in [-0.05, 0) is 18.3 Å². The minimum Gasteiger partial charge on any atom is -0.294 e. The van der Waals surface area contributed by atoms with E-state index in [4.69, 9.17) is 0 Å². The van der Waals surface area contributed by atoms with E-state index in [1.807, 2.05) is 30.3 Å². The Balaban J connectivity index is 1.71. The zero-order chi connectivity index (χ0) is 12.0. The predicted octanol–water partition coefficient (Wildman–Crippen LogP) is 3.64. The van der Waals surface area contributed by atoms with E-state index in [0.29, 0.717) is 24.2 Å². The average molecular weight is 224 g/mol. The van der Waals surface area contributed by atoms with Crippen molar-refractivity contribution in [3.8, 4) is 0 Å². The van der Waals surface area contributed by atoms with Gasteiger partial charge in [0.25, 0.3) is 0 Å². The van der Waals surface area contributed by atoms with Gasteiger partial charge in [-0.2, -0.15) is 0 Å². The minimum absolute atomic E-state index is 0.253. The summed E-state index contributed by atoms with van der Waals surface area (Å²) in [6, 6.07) is 9.56. The molecule has 2 fully saturated rings. The third kappa shape index (κ3) is 1.66. The topological polar surface area (TPSA) is 17.1 Å². The highest BCUT2D eigenvalue weighted by Crippen LogP contribution is 2.62. The highest BCUT2D eigenvalue weighted by molar-refractivity contribution is 5.96. The number of carbonyl (C=O) groups is 1. The van der Waals surface area contributed by atoms with Crippen LogP contribution in [0.2, 0.25) is 0 Å². The van der Waals surface area contributed by atoms with Gasteiger partial charge < -0.3 is 0 Å². The minimum atomic E-state index is 0.253. The molecule has 0 radical (unpaired) electrons. The van der Waals surface area contributed by atoms with E-state index in [9.17, 15) is 4.79 Å². The zero-order valence-corrected chi connectivity index (χ0v) is 9.86. The predicted molar refractivity (Wildman–Crippen MR) is 68.8 cm³/mol. The molecule has 3 rings (SSSR count). The molecule has 1 nitrogen and oxygen atoms in total. The van der Waals surface area contributed by atoms with Crippen LogP contribution in [-0.4, -0.2) is 5.78 Å². The summed E-state index contributed by atoms with van der Waals surface area (Å²) in [6.07, 6.45) is 1.65. The lowest BCUT2D eigenvalue weighted by atomic mass is 9.92. The lowest BCUT2D eigenvalue weighted by Crippen LogP contribution is -2.09. The van der Waals surface area contributed by atoms with Crippen molar-refractivity contribution in [1.29, 1.82) is 0 Å². The Morgan fingerprint density at radius 3 is 2.53 bits per heavy atom. The van der Waals surface area contributed by atoms with Crippen LogP contribution >= 0.6 is 0 Å². The van der Waals surface area contributed by atoms with Gasteiger partial charge in [-0.25, -0.2) is 0 Å². The Bertz CT molecular complexity index is 498. The van der Waals surface area contributed by atoms with Crippen LogP contribution in [0.5, 0.6) is 0 Å². The highest BCUT2D eigenvalue weighted by atomic mass is 16.1. The summed E-state index contributed by atoms with van der Waals surface area (Å²) in [4.78, 5) is 12.1. The molecule has 0 heterocycles. The molecule has 3 unspecified atom stereocenters. The van der Waals surface area contributed by atoms with Crippen LogP contribution in [-0.2, 0) is 0 Å². The second-order valence-electron chi connectivity index (χ2n) is 5.19. The summed E-state index contributed by atoms with van der Waals surface area (Å²) in [5, 5.41) is 0. The molecule has 0 N–H and O–H groups in total. The number of hydrogen-bond acceptors (Lipinski definition) is 1. The number of benzene rings is 1. The third-order valence-electron chi connectivity index (χ3n) is 4.09. The molecule has 1 aromatic carbocycles. The summed E-state index contributed by atoms with van der Waals surface area (Å²) in [6.45, 7) is 8.15. The molecule has 3 atom stereocenters. The molecule has 2 saturated carbocycles. The molecule has 0 amide bonds. The van der Waals surface area contributed by atoms with Gasteiger partial charge in [-0.15, -0.1) is 0 Å². The second kappa shape index (κ2) is 3.69. The number of Topliss-reactive ketones (excluding diaryl/α,β-unsaturated/α-hetero) is 1. The Morgan fingerprint density at radius 1 is 1.24 bits per heavy atom. The van der Waals surface area contributed by atoms with Crippen molar-refractivity contribution in [3.63, 3.8) is 0 Å². The van der Waals surface area contributed by atoms with Crippen molar-refractivity contribution in [2.45, 2.75) is 12.8 Å². The van der Waals surface area contributed by atoms with Crippen molar-refractivity contribution in [2.24, 2.45) is 17.8 Å². The van der Waals surface area contributed by atoms with Crippen molar-refractivity contribution in [1.82, 2.24) is 0 Å². The first-order chi connectivity index (χ1) is 8.18. The average Bonchev–Trinajstić information content (AvgIpc) is 2.89. The molecule has 2 aliphatic carbocycles. The zero-order valence-electron chi connectivity index (χ0n) is 9.86. The van der Waals surface area contributed by atoms with Gasteiger partial charge in [-0.1, -0.05) is 54.6 Å². The maximum absolute atomic E-state index is 12.1. The van der Waals surface area contributed by atoms with Crippen LogP contribution in [0, 0.1) is 17.8 Å². The normalized spacial score (nSPS) is 30.2. The van der Waals surface area contributed by atoms with Gasteiger partial charge in [0.05, 0.1) is 0 Å². The van der Waals surface area contributed by atoms with Gasteiger partial charge >= 0.3 is 0 Å². The number of allylic oxidation sites excluding steroid dienone is 2. The highest BCUT2D eigenvalue weighted by Gasteiger charge is 2.54. The lowest BCUT2D eigenvalue weighted by Gasteiger charge is -2.11. The summed E-state index contributed by atoms with van der Waals surface area (Å²) in [7, 11) is 0.